The second-order valence-corrected chi connectivity index (χ2v) is 5.55. The van der Waals surface area contributed by atoms with Gasteiger partial charge >= 0.3 is 29.6 Å². The van der Waals surface area contributed by atoms with Crippen molar-refractivity contribution in [1.29, 1.82) is 0 Å². The van der Waals surface area contributed by atoms with Crippen LogP contribution in [0.4, 0.5) is 0 Å². The van der Waals surface area contributed by atoms with Gasteiger partial charge in [0.15, 0.2) is 0 Å². The van der Waals surface area contributed by atoms with E-state index in [1.54, 1.807) is 0 Å². The van der Waals surface area contributed by atoms with Crippen LogP contribution in [0.2, 0.25) is 0 Å². The van der Waals surface area contributed by atoms with Gasteiger partial charge in [-0.3, -0.25) is 0 Å². The first-order valence-corrected chi connectivity index (χ1v) is 7.64. The van der Waals surface area contributed by atoms with E-state index in [-0.39, 0.29) is 35.5 Å². The van der Waals surface area contributed by atoms with Crippen molar-refractivity contribution in [3.8, 4) is 0 Å². The fourth-order valence-electron chi connectivity index (χ4n) is 2.15. The van der Waals surface area contributed by atoms with Crippen molar-refractivity contribution < 1.29 is 39.5 Å². The predicted molar refractivity (Wildman–Crippen MR) is 78.8 cm³/mol. The van der Waals surface area contributed by atoms with Crippen LogP contribution in [0.25, 0.3) is 0 Å². The molecule has 0 aromatic carbocycles. The minimum atomic E-state index is -0.989. The maximum atomic E-state index is 10.9. The van der Waals surface area contributed by atoms with Crippen molar-refractivity contribution in [3.63, 3.8) is 0 Å². The number of carbonyl (C=O) groups is 1. The Morgan fingerprint density at radius 1 is 1.10 bits per heavy atom. The van der Waals surface area contributed by atoms with E-state index in [9.17, 15) is 9.90 Å². The van der Waals surface area contributed by atoms with E-state index in [1.807, 2.05) is 19.9 Å². The average molecular weight is 291 g/mol. The van der Waals surface area contributed by atoms with E-state index in [0.29, 0.717) is 0 Å². The van der Waals surface area contributed by atoms with Crippen LogP contribution in [0.5, 0.6) is 0 Å². The van der Waals surface area contributed by atoms with Gasteiger partial charge in [0.25, 0.3) is 0 Å². The van der Waals surface area contributed by atoms with Crippen molar-refractivity contribution in [3.05, 3.63) is 12.7 Å². The van der Waals surface area contributed by atoms with Gasteiger partial charge < -0.3 is 15.2 Å². The number of carboxylic acids is 1. The molecule has 0 aromatic rings. The van der Waals surface area contributed by atoms with E-state index in [1.165, 1.54) is 38.5 Å². The molecular weight excluding hydrogens is 261 g/mol. The Morgan fingerprint density at radius 2 is 1.60 bits per heavy atom. The standard InChI is InChI=1S/C16H31NO2.Na/c1-4-5-6-7-8-9-10-11-12-13-17-15(14(2)3)16(18)19;/h4,14-15,17H,1,5-13H2,2-3H3,(H,18,19);/q;+1/p-1/t15-;/m1./s1. The summed E-state index contributed by atoms with van der Waals surface area (Å²) in [6.07, 6.45) is 11.7. The van der Waals surface area contributed by atoms with Gasteiger partial charge in [-0.15, -0.1) is 6.58 Å². The van der Waals surface area contributed by atoms with E-state index in [2.05, 4.69) is 11.9 Å². The Morgan fingerprint density at radius 3 is 2.05 bits per heavy atom. The largest absolute Gasteiger partial charge is 1.00 e. The first-order chi connectivity index (χ1) is 9.09. The number of aliphatic carboxylic acids is 1. The maximum Gasteiger partial charge on any atom is 1.00 e. The summed E-state index contributed by atoms with van der Waals surface area (Å²) >= 11 is 0. The molecule has 0 amide bonds. The Kier molecular flexibility index (Phi) is 17.5. The van der Waals surface area contributed by atoms with Crippen molar-refractivity contribution in [1.82, 2.24) is 5.32 Å². The van der Waals surface area contributed by atoms with Crippen LogP contribution in [0.1, 0.15) is 65.2 Å². The van der Waals surface area contributed by atoms with Gasteiger partial charge in [0.2, 0.25) is 0 Å². The molecule has 0 radical (unpaired) electrons. The SMILES string of the molecule is C=CCCCCCCCCCN[C@@H](C(=O)[O-])C(C)C.[Na+]. The third-order valence-electron chi connectivity index (χ3n) is 3.37. The van der Waals surface area contributed by atoms with Crippen molar-refractivity contribution in [2.75, 3.05) is 6.54 Å². The number of carboxylic acid groups (broad SMARTS) is 1. The molecule has 4 heteroatoms. The molecule has 0 bridgehead atoms. The van der Waals surface area contributed by atoms with Gasteiger partial charge in [-0.05, 0) is 31.7 Å². The summed E-state index contributed by atoms with van der Waals surface area (Å²) in [5.41, 5.74) is 0. The Balaban J connectivity index is 0. The number of rotatable bonds is 13. The molecule has 0 heterocycles. The first-order valence-electron chi connectivity index (χ1n) is 7.64. The van der Waals surface area contributed by atoms with E-state index in [4.69, 9.17) is 0 Å². The van der Waals surface area contributed by atoms with Crippen LogP contribution in [-0.4, -0.2) is 18.6 Å². The summed E-state index contributed by atoms with van der Waals surface area (Å²) in [6, 6.07) is -0.515. The zero-order valence-corrected chi connectivity index (χ0v) is 15.6. The molecule has 3 nitrogen and oxygen atoms in total. The molecule has 0 aliphatic heterocycles. The van der Waals surface area contributed by atoms with E-state index in [0.717, 1.165) is 19.4 Å². The Bertz CT molecular complexity index is 245. The summed E-state index contributed by atoms with van der Waals surface area (Å²) in [5.74, 6) is -0.910. The number of hydrogen-bond acceptors (Lipinski definition) is 3. The van der Waals surface area contributed by atoms with Gasteiger partial charge in [0, 0.05) is 6.04 Å². The molecule has 0 saturated heterocycles. The fraction of sp³-hybridized carbons (Fsp3) is 0.812. The molecule has 1 N–H and O–H groups in total. The van der Waals surface area contributed by atoms with Gasteiger partial charge in [-0.2, -0.15) is 0 Å². The summed E-state index contributed by atoms with van der Waals surface area (Å²) in [6.45, 7) is 8.28. The molecule has 0 spiro atoms. The maximum absolute atomic E-state index is 10.9. The van der Waals surface area contributed by atoms with Crippen LogP contribution >= 0.6 is 0 Å². The minimum Gasteiger partial charge on any atom is -0.548 e. The van der Waals surface area contributed by atoms with Crippen LogP contribution in [0, 0.1) is 5.92 Å². The van der Waals surface area contributed by atoms with Crippen LogP contribution in [0.15, 0.2) is 12.7 Å². The molecule has 20 heavy (non-hydrogen) atoms. The summed E-state index contributed by atoms with van der Waals surface area (Å²) in [4.78, 5) is 10.9. The number of hydrogen-bond donors (Lipinski definition) is 1. The third kappa shape index (κ3) is 13.2. The predicted octanol–water partition coefficient (Wildman–Crippen LogP) is -0.339. The Hall–Kier alpha value is 0.170. The van der Waals surface area contributed by atoms with Crippen molar-refractivity contribution in [2.45, 2.75) is 71.3 Å². The van der Waals surface area contributed by atoms with Gasteiger partial charge in [-0.1, -0.05) is 52.0 Å². The second-order valence-electron chi connectivity index (χ2n) is 5.55. The molecule has 0 saturated carbocycles. The normalized spacial score (nSPS) is 11.9. The number of unbranched alkanes of at least 4 members (excludes halogenated alkanes) is 7. The van der Waals surface area contributed by atoms with Gasteiger partial charge in [0.1, 0.15) is 0 Å². The zero-order chi connectivity index (χ0) is 14.5. The topological polar surface area (TPSA) is 52.2 Å². The van der Waals surface area contributed by atoms with Crippen molar-refractivity contribution in [2.24, 2.45) is 5.92 Å². The fourth-order valence-corrected chi connectivity index (χ4v) is 2.15. The summed E-state index contributed by atoms with van der Waals surface area (Å²) in [7, 11) is 0. The van der Waals surface area contributed by atoms with Gasteiger partial charge in [0.05, 0.1) is 5.97 Å². The number of nitrogens with one attached hydrogen (secondary N) is 1. The second kappa shape index (κ2) is 15.6. The van der Waals surface area contributed by atoms with Gasteiger partial charge in [-0.25, -0.2) is 0 Å². The molecule has 1 atom stereocenters. The van der Waals surface area contributed by atoms with Crippen molar-refractivity contribution >= 4 is 5.97 Å². The van der Waals surface area contributed by atoms with Crippen LogP contribution < -0.4 is 40.0 Å². The summed E-state index contributed by atoms with van der Waals surface area (Å²) < 4.78 is 0. The van der Waals surface area contributed by atoms with E-state index >= 15 is 0 Å². The minimum absolute atomic E-state index is 0. The molecule has 0 unspecified atom stereocenters. The number of carbonyl (C=O) groups excluding carboxylic acids is 1. The van der Waals surface area contributed by atoms with Crippen LogP contribution in [0.3, 0.4) is 0 Å². The summed E-state index contributed by atoms with van der Waals surface area (Å²) in [5, 5.41) is 13.9. The molecule has 0 rings (SSSR count). The monoisotopic (exact) mass is 291 g/mol. The molecule has 0 aromatic heterocycles. The third-order valence-corrected chi connectivity index (χ3v) is 3.37. The molecular formula is C16H30NNaO2. The quantitative estimate of drug-likeness (QED) is 0.287. The zero-order valence-electron chi connectivity index (χ0n) is 13.6. The Labute approximate surface area is 146 Å². The molecule has 112 valence electrons. The molecule has 0 aliphatic carbocycles. The molecule has 0 fully saturated rings. The molecule has 0 aliphatic rings. The average Bonchev–Trinajstić information content (AvgIpc) is 2.35. The van der Waals surface area contributed by atoms with E-state index < -0.39 is 12.0 Å². The smallest absolute Gasteiger partial charge is 0.548 e. The van der Waals surface area contributed by atoms with Crippen LogP contribution in [-0.2, 0) is 4.79 Å². The first kappa shape index (κ1) is 22.5. The number of allylic oxidation sites excluding steroid dienone is 1.